The Hall–Kier alpha value is -7.01. The Labute approximate surface area is 367 Å². The molecule has 302 valence electrons. The molecule has 0 spiro atoms. The Morgan fingerprint density at radius 1 is 0.306 bits per heavy atom. The zero-order valence-electron chi connectivity index (χ0n) is 35.8. The van der Waals surface area contributed by atoms with Crippen LogP contribution in [0.15, 0.2) is 207 Å². The van der Waals surface area contributed by atoms with Crippen molar-refractivity contribution in [3.05, 3.63) is 229 Å². The molecule has 0 amide bonds. The first-order chi connectivity index (χ1) is 30.3. The van der Waals surface area contributed by atoms with Gasteiger partial charge in [0.25, 0.3) is 0 Å². The number of aromatic nitrogens is 3. The van der Waals surface area contributed by atoms with Crippen LogP contribution in [-0.2, 0) is 25.7 Å². The number of hydrogen-bond donors (Lipinski definition) is 0. The molecule has 62 heavy (non-hydrogen) atoms. The molecular formula is C58H51N3Si. The average molecular weight is 818 g/mol. The van der Waals surface area contributed by atoms with Crippen LogP contribution in [0, 0.1) is 0 Å². The van der Waals surface area contributed by atoms with Crippen LogP contribution in [-0.4, -0.2) is 23.0 Å². The third-order valence-electron chi connectivity index (χ3n) is 11.9. The van der Waals surface area contributed by atoms with Crippen molar-refractivity contribution in [2.45, 2.75) is 45.3 Å². The lowest BCUT2D eigenvalue weighted by Crippen LogP contribution is -2.37. The van der Waals surface area contributed by atoms with E-state index in [4.69, 9.17) is 4.98 Å². The van der Waals surface area contributed by atoms with E-state index in [0.717, 1.165) is 59.5 Å². The van der Waals surface area contributed by atoms with Crippen molar-refractivity contribution in [2.75, 3.05) is 0 Å². The van der Waals surface area contributed by atoms with Gasteiger partial charge in [-0.25, -0.2) is 0 Å². The molecule has 3 heterocycles. The van der Waals surface area contributed by atoms with Gasteiger partial charge in [-0.3, -0.25) is 15.0 Å². The summed E-state index contributed by atoms with van der Waals surface area (Å²) in [6.45, 7) is 7.17. The second kappa shape index (κ2) is 18.3. The number of rotatable bonds is 13. The fraction of sp³-hybridized carbons (Fsp3) is 0.121. The molecular weight excluding hydrogens is 767 g/mol. The fourth-order valence-electron chi connectivity index (χ4n) is 8.27. The van der Waals surface area contributed by atoms with Crippen molar-refractivity contribution >= 4 is 13.3 Å². The quantitative estimate of drug-likeness (QED) is 0.109. The van der Waals surface area contributed by atoms with Crippen LogP contribution >= 0.6 is 0 Å². The number of hydrogen-bond acceptors (Lipinski definition) is 3. The molecule has 4 heteroatoms. The summed E-state index contributed by atoms with van der Waals surface area (Å²) in [5.74, 6) is 0. The lowest BCUT2D eigenvalue weighted by atomic mass is 9.90. The summed E-state index contributed by atoms with van der Waals surface area (Å²) in [6.07, 6.45) is 9.46. The summed E-state index contributed by atoms with van der Waals surface area (Å²) in [7, 11) is -1.36. The largest absolute Gasteiger partial charge is 0.256 e. The highest BCUT2D eigenvalue weighted by Gasteiger charge is 2.16. The Balaban J connectivity index is 0.983. The van der Waals surface area contributed by atoms with Crippen molar-refractivity contribution in [3.63, 3.8) is 0 Å². The second-order valence-corrected chi connectivity index (χ2v) is 22.3. The number of benzene rings is 6. The molecule has 0 N–H and O–H groups in total. The van der Waals surface area contributed by atoms with Crippen molar-refractivity contribution in [3.8, 4) is 67.2 Å². The Morgan fingerprint density at radius 3 is 1.26 bits per heavy atom. The topological polar surface area (TPSA) is 38.7 Å². The molecule has 9 aromatic rings. The van der Waals surface area contributed by atoms with E-state index in [9.17, 15) is 0 Å². The first kappa shape index (κ1) is 40.4. The minimum Gasteiger partial charge on any atom is -0.256 e. The van der Waals surface area contributed by atoms with E-state index in [0.29, 0.717) is 0 Å². The van der Waals surface area contributed by atoms with Gasteiger partial charge in [0, 0.05) is 35.3 Å². The SMILES string of the molecule is C[Si](C)(C)c1ccc(-c2ccnc(-c3ccc(-c4ccccc4-c4cc(CCc5ccc(-c6ccccn6)cc5)cc(CCc5ccc(-c6ccccn6)cc5)c4)cc3)c2)cc1. The van der Waals surface area contributed by atoms with Crippen LogP contribution in [0.25, 0.3) is 67.2 Å². The normalized spacial score (nSPS) is 11.4. The molecule has 0 saturated carbocycles. The maximum atomic E-state index is 4.80. The average Bonchev–Trinajstić information content (AvgIpc) is 3.33. The van der Waals surface area contributed by atoms with E-state index in [1.807, 2.05) is 42.9 Å². The van der Waals surface area contributed by atoms with Gasteiger partial charge in [-0.1, -0.05) is 176 Å². The zero-order chi connectivity index (χ0) is 42.3. The monoisotopic (exact) mass is 817 g/mol. The lowest BCUT2D eigenvalue weighted by Gasteiger charge is -2.17. The molecule has 0 atom stereocenters. The molecule has 0 aliphatic carbocycles. The number of nitrogens with zero attached hydrogens (tertiary/aromatic N) is 3. The maximum absolute atomic E-state index is 4.80. The van der Waals surface area contributed by atoms with Crippen molar-refractivity contribution < 1.29 is 0 Å². The van der Waals surface area contributed by atoms with Crippen LogP contribution in [0.2, 0.25) is 19.6 Å². The van der Waals surface area contributed by atoms with Gasteiger partial charge in [-0.15, -0.1) is 0 Å². The van der Waals surface area contributed by atoms with E-state index in [2.05, 4.69) is 193 Å². The van der Waals surface area contributed by atoms with Crippen LogP contribution in [0.1, 0.15) is 22.3 Å². The molecule has 0 aliphatic rings. The molecule has 3 nitrogen and oxygen atoms in total. The third-order valence-corrected chi connectivity index (χ3v) is 13.9. The van der Waals surface area contributed by atoms with E-state index in [1.54, 1.807) is 0 Å². The smallest absolute Gasteiger partial charge is 0.0775 e. The molecule has 0 bridgehead atoms. The predicted octanol–water partition coefficient (Wildman–Crippen LogP) is 14.0. The Morgan fingerprint density at radius 2 is 0.742 bits per heavy atom. The highest BCUT2D eigenvalue weighted by Crippen LogP contribution is 2.35. The molecule has 0 aliphatic heterocycles. The minimum atomic E-state index is -1.36. The van der Waals surface area contributed by atoms with Crippen LogP contribution < -0.4 is 5.19 Å². The van der Waals surface area contributed by atoms with Gasteiger partial charge in [0.05, 0.1) is 25.2 Å². The van der Waals surface area contributed by atoms with Crippen LogP contribution in [0.5, 0.6) is 0 Å². The van der Waals surface area contributed by atoms with E-state index in [1.165, 1.54) is 60.8 Å². The molecule has 0 fully saturated rings. The van der Waals surface area contributed by atoms with Crippen molar-refractivity contribution in [1.82, 2.24) is 15.0 Å². The summed E-state index contributed by atoms with van der Waals surface area (Å²) in [6, 6.07) is 68.4. The zero-order valence-corrected chi connectivity index (χ0v) is 36.8. The number of pyridine rings is 3. The van der Waals surface area contributed by atoms with Gasteiger partial charge in [-0.2, -0.15) is 0 Å². The summed E-state index contributed by atoms with van der Waals surface area (Å²) < 4.78 is 0. The van der Waals surface area contributed by atoms with Crippen molar-refractivity contribution in [1.29, 1.82) is 0 Å². The highest BCUT2D eigenvalue weighted by atomic mass is 28.3. The Bertz CT molecular complexity index is 2780. The highest BCUT2D eigenvalue weighted by molar-refractivity contribution is 6.88. The first-order valence-electron chi connectivity index (χ1n) is 21.7. The molecule has 9 rings (SSSR count). The minimum absolute atomic E-state index is 0.952. The van der Waals surface area contributed by atoms with Crippen molar-refractivity contribution in [2.24, 2.45) is 0 Å². The first-order valence-corrected chi connectivity index (χ1v) is 25.2. The van der Waals surface area contributed by atoms with Gasteiger partial charge >= 0.3 is 0 Å². The van der Waals surface area contributed by atoms with E-state index < -0.39 is 8.07 Å². The van der Waals surface area contributed by atoms with Crippen LogP contribution in [0.4, 0.5) is 0 Å². The third kappa shape index (κ3) is 9.62. The van der Waals surface area contributed by atoms with E-state index in [-0.39, 0.29) is 0 Å². The maximum Gasteiger partial charge on any atom is 0.0775 e. The fourth-order valence-corrected chi connectivity index (χ4v) is 9.44. The molecule has 0 saturated heterocycles. The molecule has 0 radical (unpaired) electrons. The summed E-state index contributed by atoms with van der Waals surface area (Å²) in [4.78, 5) is 13.9. The van der Waals surface area contributed by atoms with Gasteiger partial charge in [0.1, 0.15) is 0 Å². The van der Waals surface area contributed by atoms with Gasteiger partial charge < -0.3 is 0 Å². The second-order valence-electron chi connectivity index (χ2n) is 17.2. The molecule has 0 unspecified atom stereocenters. The summed E-state index contributed by atoms with van der Waals surface area (Å²) in [5.41, 5.74) is 19.0. The lowest BCUT2D eigenvalue weighted by molar-refractivity contribution is 0.931. The van der Waals surface area contributed by atoms with Gasteiger partial charge in [-0.05, 0) is 118 Å². The van der Waals surface area contributed by atoms with Gasteiger partial charge in [0.15, 0.2) is 0 Å². The summed E-state index contributed by atoms with van der Waals surface area (Å²) >= 11 is 0. The summed E-state index contributed by atoms with van der Waals surface area (Å²) in [5, 5.41) is 1.47. The van der Waals surface area contributed by atoms with E-state index >= 15 is 0 Å². The number of aryl methyl sites for hydroxylation is 4. The van der Waals surface area contributed by atoms with Crippen LogP contribution in [0.3, 0.4) is 0 Å². The molecule has 6 aromatic carbocycles. The Kier molecular flexibility index (Phi) is 11.9. The standard InChI is InChI=1S/C58H51N3Si/c1-62(2,3)53-32-30-46(31-33-53)51-34-37-61-58(41-51)50-28-26-47(27-29-50)54-10-4-5-11-55(54)52-39-44(16-14-42-18-22-48(23-19-42)56-12-6-8-35-59-56)38-45(40-52)17-15-43-20-24-49(25-21-43)57-13-7-9-36-60-57/h4-13,18-41H,14-17H2,1-3H3. The predicted molar refractivity (Wildman–Crippen MR) is 263 cm³/mol. The molecule has 3 aromatic heterocycles. The van der Waals surface area contributed by atoms with Gasteiger partial charge in [0.2, 0.25) is 0 Å².